The van der Waals surface area contributed by atoms with E-state index in [9.17, 15) is 8.42 Å². The number of primary sulfonamides is 1. The SMILES string of the molecule is NS(=O)(=O)c1ccc(-n2ccc(-c3ccncc3)n2)cc1. The first kappa shape index (κ1) is 13.5. The van der Waals surface area contributed by atoms with Crippen LogP contribution >= 0.6 is 0 Å². The maximum atomic E-state index is 11.2. The fraction of sp³-hybridized carbons (Fsp3) is 0. The second-order valence-corrected chi connectivity index (χ2v) is 5.98. The van der Waals surface area contributed by atoms with Gasteiger partial charge in [0.25, 0.3) is 0 Å². The molecular formula is C14H12N4O2S. The molecule has 2 heterocycles. The molecule has 0 unspecified atom stereocenters. The van der Waals surface area contributed by atoms with E-state index >= 15 is 0 Å². The Balaban J connectivity index is 1.94. The van der Waals surface area contributed by atoms with Gasteiger partial charge in [0.15, 0.2) is 0 Å². The van der Waals surface area contributed by atoms with Crippen molar-refractivity contribution in [2.24, 2.45) is 5.14 Å². The Morgan fingerprint density at radius 2 is 1.62 bits per heavy atom. The normalized spacial score (nSPS) is 11.5. The summed E-state index contributed by atoms with van der Waals surface area (Å²) in [6.45, 7) is 0. The van der Waals surface area contributed by atoms with Crippen molar-refractivity contribution in [1.82, 2.24) is 14.8 Å². The van der Waals surface area contributed by atoms with Gasteiger partial charge in [0.2, 0.25) is 10.0 Å². The summed E-state index contributed by atoms with van der Waals surface area (Å²) in [4.78, 5) is 4.04. The highest BCUT2D eigenvalue weighted by Crippen LogP contribution is 2.18. The zero-order valence-electron chi connectivity index (χ0n) is 10.9. The smallest absolute Gasteiger partial charge is 0.238 e. The molecular weight excluding hydrogens is 288 g/mol. The summed E-state index contributed by atoms with van der Waals surface area (Å²) in [6, 6.07) is 11.8. The van der Waals surface area contributed by atoms with E-state index in [4.69, 9.17) is 5.14 Å². The Labute approximate surface area is 121 Å². The first-order valence-corrected chi connectivity index (χ1v) is 7.68. The van der Waals surface area contributed by atoms with Gasteiger partial charge in [-0.1, -0.05) is 0 Å². The largest absolute Gasteiger partial charge is 0.265 e. The number of pyridine rings is 1. The Bertz CT molecular complexity index is 856. The fourth-order valence-electron chi connectivity index (χ4n) is 1.93. The maximum absolute atomic E-state index is 11.2. The minimum atomic E-state index is -3.68. The lowest BCUT2D eigenvalue weighted by Crippen LogP contribution is -2.12. The molecule has 3 aromatic rings. The summed E-state index contributed by atoms with van der Waals surface area (Å²) in [6.07, 6.45) is 5.21. The fourth-order valence-corrected chi connectivity index (χ4v) is 2.45. The van der Waals surface area contributed by atoms with Crippen LogP contribution in [0.4, 0.5) is 0 Å². The average molecular weight is 300 g/mol. The molecule has 2 aromatic heterocycles. The number of sulfonamides is 1. The molecule has 0 aliphatic carbocycles. The monoisotopic (exact) mass is 300 g/mol. The zero-order valence-corrected chi connectivity index (χ0v) is 11.7. The van der Waals surface area contributed by atoms with Crippen molar-refractivity contribution in [2.45, 2.75) is 4.90 Å². The molecule has 21 heavy (non-hydrogen) atoms. The zero-order chi connectivity index (χ0) is 14.9. The summed E-state index contributed by atoms with van der Waals surface area (Å²) in [5.74, 6) is 0. The highest BCUT2D eigenvalue weighted by molar-refractivity contribution is 7.89. The van der Waals surface area contributed by atoms with Crippen molar-refractivity contribution >= 4 is 10.0 Å². The molecule has 0 atom stereocenters. The third kappa shape index (κ3) is 2.83. The molecule has 7 heteroatoms. The minimum Gasteiger partial charge on any atom is -0.265 e. The second-order valence-electron chi connectivity index (χ2n) is 4.42. The Morgan fingerprint density at radius 3 is 2.24 bits per heavy atom. The third-order valence-corrected chi connectivity index (χ3v) is 3.92. The van der Waals surface area contributed by atoms with Crippen LogP contribution in [0.3, 0.4) is 0 Å². The lowest BCUT2D eigenvalue weighted by molar-refractivity contribution is 0.598. The number of nitrogens with two attached hydrogens (primary N) is 1. The molecule has 0 saturated heterocycles. The van der Waals surface area contributed by atoms with E-state index in [1.54, 1.807) is 29.2 Å². The first-order valence-electron chi connectivity index (χ1n) is 6.13. The van der Waals surface area contributed by atoms with Gasteiger partial charge in [0.1, 0.15) is 0 Å². The Hall–Kier alpha value is -2.51. The van der Waals surface area contributed by atoms with Crippen LogP contribution in [0.1, 0.15) is 0 Å². The molecule has 6 nitrogen and oxygen atoms in total. The van der Waals surface area contributed by atoms with Gasteiger partial charge in [0.05, 0.1) is 16.3 Å². The highest BCUT2D eigenvalue weighted by atomic mass is 32.2. The molecule has 1 aromatic carbocycles. The van der Waals surface area contributed by atoms with Crippen molar-refractivity contribution < 1.29 is 8.42 Å². The molecule has 0 spiro atoms. The van der Waals surface area contributed by atoms with Crippen molar-refractivity contribution in [1.29, 1.82) is 0 Å². The van der Waals surface area contributed by atoms with E-state index in [2.05, 4.69) is 10.1 Å². The van der Waals surface area contributed by atoms with E-state index in [0.29, 0.717) is 0 Å². The molecule has 3 rings (SSSR count). The van der Waals surface area contributed by atoms with Gasteiger partial charge >= 0.3 is 0 Å². The van der Waals surface area contributed by atoms with Crippen LogP contribution in [0.15, 0.2) is 66.0 Å². The quantitative estimate of drug-likeness (QED) is 0.795. The van der Waals surface area contributed by atoms with Gasteiger partial charge in [-0.15, -0.1) is 0 Å². The summed E-state index contributed by atoms with van der Waals surface area (Å²) in [7, 11) is -3.68. The molecule has 0 bridgehead atoms. The Kier molecular flexibility index (Phi) is 3.28. The summed E-state index contributed by atoms with van der Waals surface area (Å²) < 4.78 is 24.1. The van der Waals surface area contributed by atoms with Crippen LogP contribution in [0, 0.1) is 0 Å². The number of hydrogen-bond acceptors (Lipinski definition) is 4. The van der Waals surface area contributed by atoms with Crippen molar-refractivity contribution in [3.05, 3.63) is 61.1 Å². The van der Waals surface area contributed by atoms with Crippen molar-refractivity contribution in [3.63, 3.8) is 0 Å². The van der Waals surface area contributed by atoms with Crippen LogP contribution in [0.25, 0.3) is 16.9 Å². The number of aromatic nitrogens is 3. The predicted molar refractivity (Wildman–Crippen MR) is 78.2 cm³/mol. The average Bonchev–Trinajstić information content (AvgIpc) is 2.97. The number of hydrogen-bond donors (Lipinski definition) is 1. The first-order chi connectivity index (χ1) is 10.0. The van der Waals surface area contributed by atoms with Gasteiger partial charge in [0, 0.05) is 24.2 Å². The lowest BCUT2D eigenvalue weighted by Gasteiger charge is -2.03. The number of rotatable bonds is 3. The van der Waals surface area contributed by atoms with E-state index in [1.807, 2.05) is 24.4 Å². The molecule has 0 amide bonds. The lowest BCUT2D eigenvalue weighted by atomic mass is 10.2. The molecule has 0 aliphatic rings. The topological polar surface area (TPSA) is 90.9 Å². The maximum Gasteiger partial charge on any atom is 0.238 e. The summed E-state index contributed by atoms with van der Waals surface area (Å²) >= 11 is 0. The summed E-state index contributed by atoms with van der Waals surface area (Å²) in [5.41, 5.74) is 2.53. The van der Waals surface area contributed by atoms with Crippen LogP contribution < -0.4 is 5.14 Å². The van der Waals surface area contributed by atoms with Crippen LogP contribution in [0.5, 0.6) is 0 Å². The summed E-state index contributed by atoms with van der Waals surface area (Å²) in [5, 5.41) is 9.52. The molecule has 106 valence electrons. The second kappa shape index (κ2) is 5.12. The Morgan fingerprint density at radius 1 is 0.952 bits per heavy atom. The standard InChI is InChI=1S/C14H12N4O2S/c15-21(19,20)13-3-1-12(2-4-13)18-10-7-14(17-18)11-5-8-16-9-6-11/h1-10H,(H2,15,19,20). The highest BCUT2D eigenvalue weighted by Gasteiger charge is 2.08. The van der Waals surface area contributed by atoms with Gasteiger partial charge in [-0.05, 0) is 42.5 Å². The van der Waals surface area contributed by atoms with Gasteiger partial charge < -0.3 is 0 Å². The number of benzene rings is 1. The van der Waals surface area contributed by atoms with Crippen molar-refractivity contribution in [3.8, 4) is 16.9 Å². The van der Waals surface area contributed by atoms with Gasteiger partial charge in [-0.2, -0.15) is 5.10 Å². The predicted octanol–water partition coefficient (Wildman–Crippen LogP) is 1.58. The van der Waals surface area contributed by atoms with Gasteiger partial charge in [-0.25, -0.2) is 18.2 Å². The van der Waals surface area contributed by atoms with E-state index in [1.165, 1.54) is 12.1 Å². The van der Waals surface area contributed by atoms with Crippen molar-refractivity contribution in [2.75, 3.05) is 0 Å². The van der Waals surface area contributed by atoms with E-state index < -0.39 is 10.0 Å². The molecule has 0 radical (unpaired) electrons. The minimum absolute atomic E-state index is 0.0766. The van der Waals surface area contributed by atoms with Gasteiger partial charge in [-0.3, -0.25) is 4.98 Å². The van der Waals surface area contributed by atoms with Crippen LogP contribution in [0.2, 0.25) is 0 Å². The number of nitrogens with zero attached hydrogens (tertiary/aromatic N) is 3. The van der Waals surface area contributed by atoms with E-state index in [-0.39, 0.29) is 4.90 Å². The van der Waals surface area contributed by atoms with Crippen LogP contribution in [-0.2, 0) is 10.0 Å². The van der Waals surface area contributed by atoms with E-state index in [0.717, 1.165) is 16.9 Å². The molecule has 0 aliphatic heterocycles. The molecule has 0 saturated carbocycles. The third-order valence-electron chi connectivity index (χ3n) is 2.99. The van der Waals surface area contributed by atoms with Crippen LogP contribution in [-0.4, -0.2) is 23.2 Å². The molecule has 2 N–H and O–H groups in total. The molecule has 0 fully saturated rings.